The molecule has 0 atom stereocenters. The number of hydrogen-bond acceptors (Lipinski definition) is 7. The molecule has 1 fully saturated rings. The fraction of sp³-hybridized carbons (Fsp3) is 0.609. The summed E-state index contributed by atoms with van der Waals surface area (Å²) in [5, 5.41) is 10.4. The third kappa shape index (κ3) is 3.69. The minimum atomic E-state index is -0.189. The highest BCUT2D eigenvalue weighted by molar-refractivity contribution is 7.26. The van der Waals surface area contributed by atoms with E-state index in [0.717, 1.165) is 65.7 Å². The zero-order valence-electron chi connectivity index (χ0n) is 18.9. The minimum Gasteiger partial charge on any atom is -0.391 e. The first kappa shape index (κ1) is 21.0. The lowest BCUT2D eigenvalue weighted by molar-refractivity contribution is -0.900. The predicted octanol–water partition coefficient (Wildman–Crippen LogP) is 1.91. The van der Waals surface area contributed by atoms with E-state index in [9.17, 15) is 5.11 Å². The Bertz CT molecular complexity index is 1120. The van der Waals surface area contributed by atoms with Crippen LogP contribution >= 0.6 is 11.3 Å². The van der Waals surface area contributed by atoms with Crippen LogP contribution in [0.3, 0.4) is 0 Å². The van der Waals surface area contributed by atoms with Crippen LogP contribution in [0.2, 0.25) is 0 Å². The molecule has 2 N–H and O–H groups in total. The molecule has 7 nitrogen and oxygen atoms in total. The second kappa shape index (κ2) is 7.92. The van der Waals surface area contributed by atoms with Gasteiger partial charge in [0, 0.05) is 17.4 Å². The number of thiophene rings is 1. The van der Waals surface area contributed by atoms with E-state index < -0.39 is 0 Å². The van der Waals surface area contributed by atoms with Crippen molar-refractivity contribution in [2.45, 2.75) is 52.2 Å². The van der Waals surface area contributed by atoms with Crippen molar-refractivity contribution in [1.82, 2.24) is 15.0 Å². The molecule has 166 valence electrons. The van der Waals surface area contributed by atoms with Crippen LogP contribution in [0.1, 0.15) is 50.4 Å². The van der Waals surface area contributed by atoms with E-state index in [1.807, 2.05) is 0 Å². The quantitative estimate of drug-likeness (QED) is 0.643. The van der Waals surface area contributed by atoms with Crippen molar-refractivity contribution in [3.8, 4) is 0 Å². The first-order valence-electron chi connectivity index (χ1n) is 11.3. The molecular weight excluding hydrogens is 410 g/mol. The van der Waals surface area contributed by atoms with E-state index >= 15 is 0 Å². The normalized spacial score (nSPS) is 19.5. The maximum atomic E-state index is 9.25. The Morgan fingerprint density at radius 1 is 1.23 bits per heavy atom. The lowest BCUT2D eigenvalue weighted by Gasteiger charge is -2.33. The third-order valence-corrected chi connectivity index (χ3v) is 7.69. The summed E-state index contributed by atoms with van der Waals surface area (Å²) in [6, 6.07) is 0. The fourth-order valence-corrected chi connectivity index (χ4v) is 6.15. The standard InChI is InChI=1S/C23H31N5O2S/c1-14(2)18-16-12-30-23(3,4)11-15(16)17-19-20(31-22(17)26-18)21(25-13-24-19)28-7-5-27(6-8-28)9-10-29/h13-14,29H,5-12H2,1-4H3/p+1. The largest absolute Gasteiger partial charge is 0.391 e. The number of anilines is 1. The summed E-state index contributed by atoms with van der Waals surface area (Å²) in [4.78, 5) is 19.5. The molecule has 2 aliphatic rings. The molecule has 0 spiro atoms. The number of aromatic nitrogens is 3. The van der Waals surface area contributed by atoms with E-state index in [-0.39, 0.29) is 12.2 Å². The van der Waals surface area contributed by atoms with Crippen molar-refractivity contribution in [3.63, 3.8) is 0 Å². The maximum absolute atomic E-state index is 9.25. The molecule has 0 bridgehead atoms. The molecule has 0 radical (unpaired) electrons. The predicted molar refractivity (Wildman–Crippen MR) is 124 cm³/mol. The second-order valence-electron chi connectivity index (χ2n) is 9.70. The Morgan fingerprint density at radius 2 is 2.00 bits per heavy atom. The van der Waals surface area contributed by atoms with Crippen LogP contribution in [0.5, 0.6) is 0 Å². The zero-order chi connectivity index (χ0) is 21.8. The summed E-state index contributed by atoms with van der Waals surface area (Å²) in [7, 11) is 0. The van der Waals surface area contributed by atoms with Crippen LogP contribution in [-0.2, 0) is 17.8 Å². The Hall–Kier alpha value is -1.87. The van der Waals surface area contributed by atoms with Crippen LogP contribution < -0.4 is 9.80 Å². The van der Waals surface area contributed by atoms with Gasteiger partial charge in [0.25, 0.3) is 0 Å². The number of nitrogens with zero attached hydrogens (tertiary/aromatic N) is 4. The number of ether oxygens (including phenoxy) is 1. The number of hydrogen-bond donors (Lipinski definition) is 2. The van der Waals surface area contributed by atoms with Gasteiger partial charge in [-0.15, -0.1) is 11.3 Å². The summed E-state index contributed by atoms with van der Waals surface area (Å²) < 4.78 is 7.31. The minimum absolute atomic E-state index is 0.189. The van der Waals surface area contributed by atoms with Gasteiger partial charge in [-0.3, -0.25) is 0 Å². The lowest BCUT2D eigenvalue weighted by Crippen LogP contribution is -3.15. The van der Waals surface area contributed by atoms with E-state index in [1.165, 1.54) is 21.4 Å². The number of quaternary nitrogens is 1. The summed E-state index contributed by atoms with van der Waals surface area (Å²) in [6.45, 7) is 14.4. The SMILES string of the molecule is CC(C)c1nc2sc3c(N4CC[NH+](CCO)CC4)ncnc3c2c2c1COC(C)(C)C2. The molecule has 5 rings (SSSR count). The number of nitrogens with one attached hydrogen (secondary N) is 1. The lowest BCUT2D eigenvalue weighted by atomic mass is 9.87. The van der Waals surface area contributed by atoms with Crippen LogP contribution in [0, 0.1) is 0 Å². The topological polar surface area (TPSA) is 75.8 Å². The highest BCUT2D eigenvalue weighted by Crippen LogP contribution is 2.43. The average molecular weight is 443 g/mol. The van der Waals surface area contributed by atoms with Crippen LogP contribution in [0.4, 0.5) is 5.82 Å². The van der Waals surface area contributed by atoms with Gasteiger partial charge in [-0.1, -0.05) is 13.8 Å². The first-order valence-corrected chi connectivity index (χ1v) is 12.1. The summed E-state index contributed by atoms with van der Waals surface area (Å²) in [6.07, 6.45) is 2.58. The van der Waals surface area contributed by atoms with Crippen molar-refractivity contribution in [2.24, 2.45) is 0 Å². The van der Waals surface area contributed by atoms with E-state index in [4.69, 9.17) is 19.7 Å². The van der Waals surface area contributed by atoms with Crippen LogP contribution in [0.15, 0.2) is 6.33 Å². The zero-order valence-corrected chi connectivity index (χ0v) is 19.7. The maximum Gasteiger partial charge on any atom is 0.150 e. The van der Waals surface area contributed by atoms with Gasteiger partial charge in [0.05, 0.1) is 60.9 Å². The molecular formula is C23H32N5O2S+. The van der Waals surface area contributed by atoms with Gasteiger partial charge in [-0.2, -0.15) is 0 Å². The molecule has 0 aromatic carbocycles. The number of fused-ring (bicyclic) bond motifs is 5. The molecule has 8 heteroatoms. The number of rotatable bonds is 4. The Kier molecular flexibility index (Phi) is 5.37. The molecule has 0 aliphatic carbocycles. The van der Waals surface area contributed by atoms with Crippen molar-refractivity contribution >= 4 is 37.6 Å². The number of pyridine rings is 1. The van der Waals surface area contributed by atoms with Crippen LogP contribution in [-0.4, -0.2) is 65.0 Å². The average Bonchev–Trinajstić information content (AvgIpc) is 3.12. The molecule has 1 saturated heterocycles. The van der Waals surface area contributed by atoms with Gasteiger partial charge in [0.2, 0.25) is 0 Å². The van der Waals surface area contributed by atoms with E-state index in [0.29, 0.717) is 12.5 Å². The van der Waals surface area contributed by atoms with Crippen LogP contribution in [0.25, 0.3) is 20.4 Å². The molecule has 0 unspecified atom stereocenters. The Labute approximate surface area is 187 Å². The van der Waals surface area contributed by atoms with Crippen molar-refractivity contribution in [1.29, 1.82) is 0 Å². The molecule has 5 heterocycles. The molecule has 3 aromatic rings. The van der Waals surface area contributed by atoms with Gasteiger partial charge < -0.3 is 19.6 Å². The van der Waals surface area contributed by atoms with Gasteiger partial charge >= 0.3 is 0 Å². The molecule has 31 heavy (non-hydrogen) atoms. The third-order valence-electron chi connectivity index (χ3n) is 6.62. The fourth-order valence-electron chi connectivity index (χ4n) is 4.96. The van der Waals surface area contributed by atoms with Gasteiger partial charge in [0.1, 0.15) is 17.7 Å². The number of aliphatic hydroxyl groups is 1. The van der Waals surface area contributed by atoms with Crippen molar-refractivity contribution in [3.05, 3.63) is 23.1 Å². The first-order chi connectivity index (χ1) is 14.9. The summed E-state index contributed by atoms with van der Waals surface area (Å²) in [5.41, 5.74) is 4.61. The van der Waals surface area contributed by atoms with Gasteiger partial charge in [-0.05, 0) is 25.3 Å². The molecule has 2 aliphatic heterocycles. The summed E-state index contributed by atoms with van der Waals surface area (Å²) >= 11 is 1.73. The summed E-state index contributed by atoms with van der Waals surface area (Å²) in [5.74, 6) is 1.38. The van der Waals surface area contributed by atoms with Crippen molar-refractivity contribution < 1.29 is 14.7 Å². The smallest absolute Gasteiger partial charge is 0.150 e. The monoisotopic (exact) mass is 442 g/mol. The molecule has 3 aromatic heterocycles. The number of aliphatic hydroxyl groups excluding tert-OH is 1. The van der Waals surface area contributed by atoms with Gasteiger partial charge in [-0.25, -0.2) is 15.0 Å². The second-order valence-corrected chi connectivity index (χ2v) is 10.7. The molecule has 0 saturated carbocycles. The van der Waals surface area contributed by atoms with E-state index in [2.05, 4.69) is 32.6 Å². The number of piperazine rings is 1. The highest BCUT2D eigenvalue weighted by Gasteiger charge is 2.33. The van der Waals surface area contributed by atoms with E-state index in [1.54, 1.807) is 17.7 Å². The highest BCUT2D eigenvalue weighted by atomic mass is 32.1. The molecule has 0 amide bonds. The van der Waals surface area contributed by atoms with Crippen molar-refractivity contribution in [2.75, 3.05) is 44.2 Å². The Morgan fingerprint density at radius 3 is 2.71 bits per heavy atom. The Balaban J connectivity index is 1.65. The van der Waals surface area contributed by atoms with Gasteiger partial charge in [0.15, 0.2) is 5.82 Å².